The van der Waals surface area contributed by atoms with Crippen molar-refractivity contribution in [3.63, 3.8) is 0 Å². The molecule has 8 heteroatoms. The fraction of sp³-hybridized carbons (Fsp3) is 0.400. The van der Waals surface area contributed by atoms with Gasteiger partial charge in [0.15, 0.2) is 11.5 Å². The number of hydrogen-bond donors (Lipinski definition) is 1. The molecule has 0 atom stereocenters. The molecule has 2 aromatic heterocycles. The zero-order valence-electron chi connectivity index (χ0n) is 9.97. The molecule has 0 saturated carbocycles. The fourth-order valence-corrected chi connectivity index (χ4v) is 1.22. The summed E-state index contributed by atoms with van der Waals surface area (Å²) in [6, 6.07) is 0.195. The van der Waals surface area contributed by atoms with Crippen molar-refractivity contribution in [2.75, 3.05) is 11.9 Å². The molecule has 1 N–H and O–H groups in total. The predicted octanol–water partition coefficient (Wildman–Crippen LogP) is 1.15. The lowest BCUT2D eigenvalue weighted by Gasteiger charge is -1.96. The summed E-state index contributed by atoms with van der Waals surface area (Å²) < 4.78 is 14.6. The van der Waals surface area contributed by atoms with Gasteiger partial charge in [-0.3, -0.25) is 0 Å². The largest absolute Gasteiger partial charge is 0.461 e. The number of carbonyl (C=O) groups excluding carboxylic acids is 1. The number of anilines is 1. The lowest BCUT2D eigenvalue weighted by molar-refractivity contribution is 0.0519. The molecule has 0 saturated heterocycles. The quantitative estimate of drug-likeness (QED) is 0.790. The molecule has 0 radical (unpaired) electrons. The van der Waals surface area contributed by atoms with Crippen molar-refractivity contribution in [3.8, 4) is 0 Å². The lowest BCUT2D eigenvalue weighted by atomic mass is 10.5. The van der Waals surface area contributed by atoms with Gasteiger partial charge in [-0.2, -0.15) is 9.97 Å². The highest BCUT2D eigenvalue weighted by Crippen LogP contribution is 2.09. The average molecular weight is 252 g/mol. The number of oxazole rings is 1. The molecule has 0 amide bonds. The number of nitrogens with one attached hydrogen (secondary N) is 1. The van der Waals surface area contributed by atoms with E-state index in [-0.39, 0.29) is 18.3 Å². The van der Waals surface area contributed by atoms with Gasteiger partial charge in [0.1, 0.15) is 6.26 Å². The van der Waals surface area contributed by atoms with Crippen molar-refractivity contribution >= 4 is 12.0 Å². The van der Waals surface area contributed by atoms with Gasteiger partial charge in [-0.05, 0) is 6.92 Å². The van der Waals surface area contributed by atoms with Gasteiger partial charge in [0.05, 0.1) is 13.2 Å². The third kappa shape index (κ3) is 2.84. The van der Waals surface area contributed by atoms with Crippen LogP contribution in [0.2, 0.25) is 0 Å². The van der Waals surface area contributed by atoms with Crippen LogP contribution in [0, 0.1) is 6.92 Å². The lowest BCUT2D eigenvalue weighted by Crippen LogP contribution is -2.06. The van der Waals surface area contributed by atoms with Crippen LogP contribution in [0.25, 0.3) is 0 Å². The molecular formula is C10H12N4O4. The van der Waals surface area contributed by atoms with Gasteiger partial charge in [0.2, 0.25) is 5.89 Å². The van der Waals surface area contributed by atoms with Crippen LogP contribution >= 0.6 is 0 Å². The summed E-state index contributed by atoms with van der Waals surface area (Å²) in [7, 11) is 0. The number of hydrogen-bond acceptors (Lipinski definition) is 8. The second kappa shape index (κ2) is 5.30. The van der Waals surface area contributed by atoms with Crippen LogP contribution in [0.15, 0.2) is 15.2 Å². The van der Waals surface area contributed by atoms with Crippen molar-refractivity contribution < 1.29 is 18.5 Å². The molecule has 2 aromatic rings. The smallest absolute Gasteiger partial charge is 0.360 e. The molecule has 0 aliphatic heterocycles. The second-order valence-corrected chi connectivity index (χ2v) is 3.34. The number of esters is 1. The van der Waals surface area contributed by atoms with E-state index in [1.165, 1.54) is 6.26 Å². The third-order valence-corrected chi connectivity index (χ3v) is 1.96. The van der Waals surface area contributed by atoms with Crippen molar-refractivity contribution in [1.29, 1.82) is 0 Å². The van der Waals surface area contributed by atoms with E-state index in [0.717, 1.165) is 0 Å². The first kappa shape index (κ1) is 12.1. The molecule has 0 aliphatic rings. The summed E-state index contributed by atoms with van der Waals surface area (Å²) >= 11 is 0. The van der Waals surface area contributed by atoms with E-state index in [1.807, 2.05) is 0 Å². The van der Waals surface area contributed by atoms with Crippen LogP contribution in [-0.4, -0.2) is 27.7 Å². The van der Waals surface area contributed by atoms with E-state index in [1.54, 1.807) is 13.8 Å². The topological polar surface area (TPSA) is 103 Å². The predicted molar refractivity (Wildman–Crippen MR) is 58.8 cm³/mol. The maximum atomic E-state index is 11.3. The van der Waals surface area contributed by atoms with Crippen molar-refractivity contribution in [1.82, 2.24) is 15.1 Å². The van der Waals surface area contributed by atoms with Gasteiger partial charge < -0.3 is 19.0 Å². The Labute approximate surface area is 102 Å². The minimum absolute atomic E-state index is 0.114. The molecule has 18 heavy (non-hydrogen) atoms. The van der Waals surface area contributed by atoms with E-state index in [0.29, 0.717) is 18.3 Å². The molecule has 0 aliphatic carbocycles. The Balaban J connectivity index is 1.92. The van der Waals surface area contributed by atoms with Crippen molar-refractivity contribution in [3.05, 3.63) is 23.7 Å². The van der Waals surface area contributed by atoms with Gasteiger partial charge in [-0.1, -0.05) is 5.16 Å². The first-order valence-corrected chi connectivity index (χ1v) is 5.34. The normalized spacial score (nSPS) is 10.3. The molecule has 2 rings (SSSR count). The van der Waals surface area contributed by atoms with Crippen LogP contribution in [0.5, 0.6) is 0 Å². The number of rotatable bonds is 5. The highest BCUT2D eigenvalue weighted by Gasteiger charge is 2.13. The Kier molecular flexibility index (Phi) is 3.56. The van der Waals surface area contributed by atoms with Gasteiger partial charge in [-0.15, -0.1) is 0 Å². The molecule has 0 spiro atoms. The van der Waals surface area contributed by atoms with Crippen LogP contribution in [0.4, 0.5) is 6.01 Å². The number of aryl methyl sites for hydroxylation is 1. The molecule has 0 aromatic carbocycles. The molecule has 8 nitrogen and oxygen atoms in total. The standard InChI is InChI=1S/C10H12N4O4/c1-3-16-9(15)7-5-17-10(13-7)11-4-8-12-6(2)18-14-8/h5H,3-4H2,1-2H3,(H,11,13). The van der Waals surface area contributed by atoms with Crippen LogP contribution in [-0.2, 0) is 11.3 Å². The molecule has 2 heterocycles. The highest BCUT2D eigenvalue weighted by atomic mass is 16.5. The van der Waals surface area contributed by atoms with Gasteiger partial charge in [0, 0.05) is 6.92 Å². The summed E-state index contributed by atoms with van der Waals surface area (Å²) in [5.74, 6) is 0.430. The summed E-state index contributed by atoms with van der Waals surface area (Å²) in [5, 5.41) is 6.51. The van der Waals surface area contributed by atoms with Gasteiger partial charge >= 0.3 is 5.97 Å². The number of nitrogens with zero attached hydrogens (tertiary/aromatic N) is 3. The summed E-state index contributed by atoms with van der Waals surface area (Å²) in [6.07, 6.45) is 1.22. The van der Waals surface area contributed by atoms with Gasteiger partial charge in [0.25, 0.3) is 6.01 Å². The van der Waals surface area contributed by atoms with E-state index in [2.05, 4.69) is 20.4 Å². The first-order valence-electron chi connectivity index (χ1n) is 5.34. The SMILES string of the molecule is CCOC(=O)c1coc(NCc2noc(C)n2)n1. The van der Waals surface area contributed by atoms with Crippen molar-refractivity contribution in [2.24, 2.45) is 0 Å². The first-order chi connectivity index (χ1) is 8.69. The Hall–Kier alpha value is -2.38. The van der Waals surface area contributed by atoms with E-state index in [9.17, 15) is 4.79 Å². The Morgan fingerprint density at radius 2 is 2.33 bits per heavy atom. The Morgan fingerprint density at radius 1 is 1.50 bits per heavy atom. The molecular weight excluding hydrogens is 240 g/mol. The van der Waals surface area contributed by atoms with Gasteiger partial charge in [-0.25, -0.2) is 4.79 Å². The molecule has 0 fully saturated rings. The van der Waals surface area contributed by atoms with E-state index in [4.69, 9.17) is 13.7 Å². The Bertz CT molecular complexity index is 533. The zero-order valence-corrected chi connectivity index (χ0v) is 9.97. The van der Waals surface area contributed by atoms with Crippen LogP contribution < -0.4 is 5.32 Å². The minimum atomic E-state index is -0.523. The fourth-order valence-electron chi connectivity index (χ4n) is 1.22. The van der Waals surface area contributed by atoms with Crippen LogP contribution in [0.1, 0.15) is 29.1 Å². The zero-order chi connectivity index (χ0) is 13.0. The maximum Gasteiger partial charge on any atom is 0.360 e. The number of aromatic nitrogens is 3. The summed E-state index contributed by atoms with van der Waals surface area (Å²) in [6.45, 7) is 3.99. The monoisotopic (exact) mass is 252 g/mol. The number of carbonyl (C=O) groups is 1. The second-order valence-electron chi connectivity index (χ2n) is 3.34. The maximum absolute atomic E-state index is 11.3. The molecule has 0 unspecified atom stereocenters. The van der Waals surface area contributed by atoms with E-state index < -0.39 is 5.97 Å². The average Bonchev–Trinajstić information content (AvgIpc) is 2.95. The minimum Gasteiger partial charge on any atom is -0.461 e. The summed E-state index contributed by atoms with van der Waals surface area (Å²) in [5.41, 5.74) is 0.114. The number of ether oxygens (including phenoxy) is 1. The molecule has 96 valence electrons. The van der Waals surface area contributed by atoms with E-state index >= 15 is 0 Å². The Morgan fingerprint density at radius 3 is 3.00 bits per heavy atom. The van der Waals surface area contributed by atoms with Crippen LogP contribution in [0.3, 0.4) is 0 Å². The van der Waals surface area contributed by atoms with Crippen molar-refractivity contribution in [2.45, 2.75) is 20.4 Å². The third-order valence-electron chi connectivity index (χ3n) is 1.96. The summed E-state index contributed by atoms with van der Waals surface area (Å²) in [4.78, 5) is 19.2. The highest BCUT2D eigenvalue weighted by molar-refractivity contribution is 5.87. The molecule has 0 bridgehead atoms.